The van der Waals surface area contributed by atoms with Crippen LogP contribution in [0.2, 0.25) is 5.02 Å². The summed E-state index contributed by atoms with van der Waals surface area (Å²) in [5.74, 6) is -0.901. The van der Waals surface area contributed by atoms with Gasteiger partial charge in [-0.1, -0.05) is 11.6 Å². The predicted octanol–water partition coefficient (Wildman–Crippen LogP) is 1.74. The van der Waals surface area contributed by atoms with Crippen molar-refractivity contribution in [3.05, 3.63) is 23.2 Å². The van der Waals surface area contributed by atoms with E-state index >= 15 is 0 Å². The third kappa shape index (κ3) is 6.56. The van der Waals surface area contributed by atoms with Crippen molar-refractivity contribution < 1.29 is 23.9 Å². The molecule has 2 amide bonds. The molecule has 1 aromatic carbocycles. The number of methoxy groups -OCH3 is 1. The number of carbonyl (C=O) groups excluding carboxylic acids is 3. The van der Waals surface area contributed by atoms with Gasteiger partial charge in [0.25, 0.3) is 5.91 Å². The minimum absolute atomic E-state index is 0.0162. The Kier molecular flexibility index (Phi) is 7.34. The minimum Gasteiger partial charge on any atom is -0.495 e. The smallest absolute Gasteiger partial charge is 0.308 e. The predicted molar refractivity (Wildman–Crippen MR) is 85.5 cm³/mol. The summed E-state index contributed by atoms with van der Waals surface area (Å²) >= 11 is 5.88. The number of carbonyl (C=O) groups is 3. The number of amides is 2. The van der Waals surface area contributed by atoms with Gasteiger partial charge in [0.1, 0.15) is 5.75 Å². The normalized spacial score (nSPS) is 11.3. The zero-order valence-electron chi connectivity index (χ0n) is 13.1. The largest absolute Gasteiger partial charge is 0.495 e. The Morgan fingerprint density at radius 2 is 2.00 bits per heavy atom. The van der Waals surface area contributed by atoms with E-state index in [1.165, 1.54) is 27.0 Å². The number of rotatable bonds is 7. The quantitative estimate of drug-likeness (QED) is 0.736. The van der Waals surface area contributed by atoms with Gasteiger partial charge in [-0.2, -0.15) is 0 Å². The highest BCUT2D eigenvalue weighted by atomic mass is 35.5. The summed E-state index contributed by atoms with van der Waals surface area (Å²) in [4.78, 5) is 34.3. The molecule has 0 unspecified atom stereocenters. The molecule has 0 aliphatic rings. The molecule has 8 heteroatoms. The Morgan fingerprint density at radius 1 is 1.30 bits per heavy atom. The first-order valence-corrected chi connectivity index (χ1v) is 7.29. The second kappa shape index (κ2) is 8.99. The third-order valence-electron chi connectivity index (χ3n) is 2.80. The van der Waals surface area contributed by atoms with E-state index in [9.17, 15) is 14.4 Å². The van der Waals surface area contributed by atoms with Crippen LogP contribution < -0.4 is 15.4 Å². The van der Waals surface area contributed by atoms with Crippen LogP contribution in [-0.4, -0.2) is 37.5 Å². The molecule has 1 rings (SSSR count). The Balaban J connectivity index is 2.55. The van der Waals surface area contributed by atoms with Gasteiger partial charge in [0.05, 0.1) is 19.2 Å². The fourth-order valence-electron chi connectivity index (χ4n) is 1.66. The lowest BCUT2D eigenvalue weighted by atomic mass is 10.2. The lowest BCUT2D eigenvalue weighted by Crippen LogP contribution is -2.31. The third-order valence-corrected chi connectivity index (χ3v) is 3.04. The summed E-state index contributed by atoms with van der Waals surface area (Å²) in [6, 6.07) is 4.77. The van der Waals surface area contributed by atoms with Crippen LogP contribution in [0.3, 0.4) is 0 Å². The second-order valence-corrected chi connectivity index (χ2v) is 5.14. The van der Waals surface area contributed by atoms with Crippen LogP contribution in [0.15, 0.2) is 18.2 Å². The van der Waals surface area contributed by atoms with E-state index in [0.717, 1.165) is 0 Å². The highest BCUT2D eigenvalue weighted by Crippen LogP contribution is 2.27. The number of hydrogen-bond donors (Lipinski definition) is 2. The van der Waals surface area contributed by atoms with Gasteiger partial charge >= 0.3 is 5.97 Å². The molecule has 0 heterocycles. The number of halogens is 1. The van der Waals surface area contributed by atoms with E-state index in [2.05, 4.69) is 10.6 Å². The maximum absolute atomic E-state index is 12.1. The van der Waals surface area contributed by atoms with Crippen LogP contribution >= 0.6 is 11.6 Å². The van der Waals surface area contributed by atoms with Crippen molar-refractivity contribution in [3.63, 3.8) is 0 Å². The summed E-state index contributed by atoms with van der Waals surface area (Å²) in [6.07, 6.45) is -1.01. The number of benzene rings is 1. The summed E-state index contributed by atoms with van der Waals surface area (Å²) in [6.45, 7) is 2.95. The number of hydrogen-bond acceptors (Lipinski definition) is 5. The van der Waals surface area contributed by atoms with Gasteiger partial charge < -0.3 is 20.1 Å². The summed E-state index contributed by atoms with van der Waals surface area (Å²) in [5, 5.41) is 5.49. The van der Waals surface area contributed by atoms with Crippen LogP contribution in [0.5, 0.6) is 5.75 Å². The molecule has 0 aromatic heterocycles. The maximum Gasteiger partial charge on any atom is 0.308 e. The SMILES string of the molecule is COc1ccc(Cl)cc1NC(=O)[C@H](C)OC(=O)CCNC(C)=O. The van der Waals surface area contributed by atoms with Crippen molar-refractivity contribution in [1.29, 1.82) is 0 Å². The highest BCUT2D eigenvalue weighted by Gasteiger charge is 2.19. The van der Waals surface area contributed by atoms with Crippen molar-refractivity contribution in [2.45, 2.75) is 26.4 Å². The van der Waals surface area contributed by atoms with Crippen LogP contribution in [0.25, 0.3) is 0 Å². The van der Waals surface area contributed by atoms with E-state index in [4.69, 9.17) is 21.1 Å². The number of nitrogens with one attached hydrogen (secondary N) is 2. The molecule has 0 aliphatic heterocycles. The fraction of sp³-hybridized carbons (Fsp3) is 0.400. The first-order valence-electron chi connectivity index (χ1n) is 6.91. The van der Waals surface area contributed by atoms with Crippen molar-refractivity contribution >= 4 is 35.1 Å². The average molecular weight is 343 g/mol. The van der Waals surface area contributed by atoms with Crippen molar-refractivity contribution in [2.24, 2.45) is 0 Å². The Morgan fingerprint density at radius 3 is 2.61 bits per heavy atom. The van der Waals surface area contributed by atoms with Crippen LogP contribution in [0, 0.1) is 0 Å². The molecule has 0 bridgehead atoms. The molecule has 1 atom stereocenters. The maximum atomic E-state index is 12.1. The van der Waals surface area contributed by atoms with Gasteiger partial charge in [0, 0.05) is 18.5 Å². The monoisotopic (exact) mass is 342 g/mol. The molecule has 0 spiro atoms. The van der Waals surface area contributed by atoms with Crippen molar-refractivity contribution in [2.75, 3.05) is 19.0 Å². The number of ether oxygens (including phenoxy) is 2. The molecule has 0 saturated carbocycles. The van der Waals surface area contributed by atoms with Gasteiger partial charge in [-0.3, -0.25) is 14.4 Å². The zero-order chi connectivity index (χ0) is 17.4. The minimum atomic E-state index is -0.997. The number of anilines is 1. The Bertz CT molecular complexity index is 591. The van der Waals surface area contributed by atoms with Gasteiger partial charge in [-0.05, 0) is 25.1 Å². The molecule has 2 N–H and O–H groups in total. The molecular formula is C15H19ClN2O5. The van der Waals surface area contributed by atoms with Crippen LogP contribution in [-0.2, 0) is 19.1 Å². The molecule has 0 saturated heterocycles. The van der Waals surface area contributed by atoms with Crippen LogP contribution in [0.1, 0.15) is 20.3 Å². The van der Waals surface area contributed by atoms with Gasteiger partial charge in [0.15, 0.2) is 6.10 Å². The zero-order valence-corrected chi connectivity index (χ0v) is 13.9. The summed E-state index contributed by atoms with van der Waals surface area (Å²) < 4.78 is 10.1. The molecule has 23 heavy (non-hydrogen) atoms. The van der Waals surface area contributed by atoms with E-state index in [1.807, 2.05) is 0 Å². The summed E-state index contributed by atoms with van der Waals surface area (Å²) in [5.41, 5.74) is 0.381. The lowest BCUT2D eigenvalue weighted by Gasteiger charge is -2.15. The van der Waals surface area contributed by atoms with E-state index in [0.29, 0.717) is 16.5 Å². The molecule has 126 valence electrons. The van der Waals surface area contributed by atoms with E-state index < -0.39 is 18.0 Å². The highest BCUT2D eigenvalue weighted by molar-refractivity contribution is 6.31. The topological polar surface area (TPSA) is 93.7 Å². The van der Waals surface area contributed by atoms with Crippen molar-refractivity contribution in [3.8, 4) is 5.75 Å². The molecule has 0 radical (unpaired) electrons. The number of esters is 1. The first-order chi connectivity index (χ1) is 10.8. The van der Waals surface area contributed by atoms with E-state index in [1.54, 1.807) is 12.1 Å². The van der Waals surface area contributed by atoms with Gasteiger partial charge in [-0.25, -0.2) is 0 Å². The second-order valence-electron chi connectivity index (χ2n) is 4.70. The molecule has 0 fully saturated rings. The molecule has 7 nitrogen and oxygen atoms in total. The lowest BCUT2D eigenvalue weighted by molar-refractivity contribution is -0.153. The van der Waals surface area contributed by atoms with Crippen molar-refractivity contribution in [1.82, 2.24) is 5.32 Å². The van der Waals surface area contributed by atoms with Gasteiger partial charge in [-0.15, -0.1) is 0 Å². The summed E-state index contributed by atoms with van der Waals surface area (Å²) in [7, 11) is 1.46. The molecule has 1 aromatic rings. The Hall–Kier alpha value is -2.28. The average Bonchev–Trinajstić information content (AvgIpc) is 2.46. The standard InChI is InChI=1S/C15H19ClN2O5/c1-9(23-14(20)6-7-17-10(2)19)15(21)18-12-8-11(16)4-5-13(12)22-3/h4-5,8-9H,6-7H2,1-3H3,(H,17,19)(H,18,21)/t9-/m0/s1. The first kappa shape index (κ1) is 18.8. The van der Waals surface area contributed by atoms with E-state index in [-0.39, 0.29) is 18.9 Å². The van der Waals surface area contributed by atoms with Gasteiger partial charge in [0.2, 0.25) is 5.91 Å². The Labute approximate surface area is 139 Å². The fourth-order valence-corrected chi connectivity index (χ4v) is 1.83. The molecule has 0 aliphatic carbocycles. The van der Waals surface area contributed by atoms with Crippen LogP contribution in [0.4, 0.5) is 5.69 Å². The molecular weight excluding hydrogens is 324 g/mol.